The first kappa shape index (κ1) is 20.2. The van der Waals surface area contributed by atoms with Crippen LogP contribution in [0.2, 0.25) is 0 Å². The zero-order valence-electron chi connectivity index (χ0n) is 17.0. The van der Waals surface area contributed by atoms with Crippen LogP contribution in [0, 0.1) is 11.3 Å². The molecule has 0 saturated heterocycles. The molecule has 0 spiro atoms. The number of para-hydroxylation sites is 1. The lowest BCUT2D eigenvalue weighted by Gasteiger charge is -2.26. The average molecular weight is 392 g/mol. The Morgan fingerprint density at radius 3 is 2.45 bits per heavy atom. The van der Waals surface area contributed by atoms with Crippen molar-refractivity contribution in [3.05, 3.63) is 59.8 Å². The summed E-state index contributed by atoms with van der Waals surface area (Å²) in [5, 5.41) is 12.7. The van der Waals surface area contributed by atoms with Crippen LogP contribution in [0.1, 0.15) is 17.3 Å². The summed E-state index contributed by atoms with van der Waals surface area (Å²) >= 11 is 0. The van der Waals surface area contributed by atoms with E-state index < -0.39 is 0 Å². The minimum atomic E-state index is 0.00669. The van der Waals surface area contributed by atoms with Crippen LogP contribution in [0.5, 0.6) is 11.5 Å². The molecule has 0 radical (unpaired) electrons. The van der Waals surface area contributed by atoms with Crippen molar-refractivity contribution in [1.29, 1.82) is 5.26 Å². The van der Waals surface area contributed by atoms with Crippen molar-refractivity contribution in [1.82, 2.24) is 9.88 Å². The van der Waals surface area contributed by atoms with Gasteiger partial charge >= 0.3 is 0 Å². The van der Waals surface area contributed by atoms with E-state index in [2.05, 4.69) is 21.3 Å². The van der Waals surface area contributed by atoms with Gasteiger partial charge in [-0.2, -0.15) is 10.2 Å². The lowest BCUT2D eigenvalue weighted by Crippen LogP contribution is -2.27. The van der Waals surface area contributed by atoms with E-state index in [1.165, 1.54) is 0 Å². The summed E-state index contributed by atoms with van der Waals surface area (Å²) in [7, 11) is 7.25. The molecule has 3 aromatic rings. The molecule has 0 aliphatic heterocycles. The van der Waals surface area contributed by atoms with Crippen LogP contribution in [-0.4, -0.2) is 44.7 Å². The Morgan fingerprint density at radius 1 is 1.10 bits per heavy atom. The molecule has 0 fully saturated rings. The normalized spacial score (nSPS) is 11.7. The first-order valence-corrected chi connectivity index (χ1v) is 9.16. The number of aromatic nitrogens is 1. The van der Waals surface area contributed by atoms with Crippen LogP contribution in [0.25, 0.3) is 11.5 Å². The number of methoxy groups -OCH3 is 2. The zero-order valence-corrected chi connectivity index (χ0v) is 17.0. The molecule has 0 amide bonds. The number of nitriles is 1. The molecule has 3 rings (SSSR count). The number of hydrogen-bond donors (Lipinski definition) is 1. The van der Waals surface area contributed by atoms with Crippen molar-refractivity contribution in [3.63, 3.8) is 0 Å². The zero-order chi connectivity index (χ0) is 20.8. The fraction of sp³-hybridized carbons (Fsp3) is 0.273. The number of oxazole rings is 1. The number of anilines is 1. The second kappa shape index (κ2) is 9.13. The van der Waals surface area contributed by atoms with Gasteiger partial charge in [0.15, 0.2) is 0 Å². The smallest absolute Gasteiger partial charge is 0.232 e. The minimum Gasteiger partial charge on any atom is -0.497 e. The third-order valence-electron chi connectivity index (χ3n) is 4.65. The van der Waals surface area contributed by atoms with E-state index in [0.29, 0.717) is 18.3 Å². The minimum absolute atomic E-state index is 0.00669. The number of benzene rings is 2. The molecular weight excluding hydrogens is 368 g/mol. The van der Waals surface area contributed by atoms with Crippen LogP contribution >= 0.6 is 0 Å². The summed E-state index contributed by atoms with van der Waals surface area (Å²) < 4.78 is 16.5. The number of likely N-dealkylation sites (N-methyl/N-ethyl adjacent to an activating group) is 1. The number of nitrogens with zero attached hydrogens (tertiary/aromatic N) is 3. The third kappa shape index (κ3) is 4.50. The predicted octanol–water partition coefficient (Wildman–Crippen LogP) is 3.95. The van der Waals surface area contributed by atoms with Crippen molar-refractivity contribution >= 4 is 5.88 Å². The lowest BCUT2D eigenvalue weighted by atomic mass is 10.0. The van der Waals surface area contributed by atoms with Crippen LogP contribution < -0.4 is 14.8 Å². The van der Waals surface area contributed by atoms with Gasteiger partial charge in [0.2, 0.25) is 17.5 Å². The highest BCUT2D eigenvalue weighted by atomic mass is 16.5. The summed E-state index contributed by atoms with van der Waals surface area (Å²) in [5.74, 6) is 2.28. The van der Waals surface area contributed by atoms with E-state index in [1.54, 1.807) is 14.2 Å². The Labute approximate surface area is 170 Å². The molecule has 0 aliphatic rings. The number of rotatable bonds is 8. The standard InChI is InChI=1S/C22H24N4O3/c1-26(2)19(17-7-5-6-8-20(17)28-4)14-24-22-18(13-23)25-21(29-22)15-9-11-16(27-3)12-10-15/h5-12,19,24H,14H2,1-4H3/t19-/m1/s1. The highest BCUT2D eigenvalue weighted by Gasteiger charge is 2.21. The van der Waals surface area contributed by atoms with Crippen molar-refractivity contribution in [3.8, 4) is 29.0 Å². The Kier molecular flexibility index (Phi) is 6.37. The van der Waals surface area contributed by atoms with Gasteiger partial charge in [-0.05, 0) is 44.4 Å². The van der Waals surface area contributed by atoms with Crippen molar-refractivity contribution in [2.45, 2.75) is 6.04 Å². The van der Waals surface area contributed by atoms with Gasteiger partial charge in [-0.25, -0.2) is 0 Å². The molecular formula is C22H24N4O3. The van der Waals surface area contributed by atoms with E-state index in [1.807, 2.05) is 62.6 Å². The van der Waals surface area contributed by atoms with Crippen LogP contribution in [-0.2, 0) is 0 Å². The monoisotopic (exact) mass is 392 g/mol. The maximum absolute atomic E-state index is 9.47. The molecule has 29 heavy (non-hydrogen) atoms. The van der Waals surface area contributed by atoms with Crippen LogP contribution in [0.3, 0.4) is 0 Å². The number of ether oxygens (including phenoxy) is 2. The molecule has 0 bridgehead atoms. The first-order valence-electron chi connectivity index (χ1n) is 9.16. The van der Waals surface area contributed by atoms with Gasteiger partial charge in [-0.1, -0.05) is 18.2 Å². The number of hydrogen-bond acceptors (Lipinski definition) is 7. The molecule has 1 heterocycles. The molecule has 0 unspecified atom stereocenters. The second-order valence-corrected chi connectivity index (χ2v) is 6.64. The first-order chi connectivity index (χ1) is 14.1. The quantitative estimate of drug-likeness (QED) is 0.621. The summed E-state index contributed by atoms with van der Waals surface area (Å²) in [6.45, 7) is 0.513. The maximum atomic E-state index is 9.47. The summed E-state index contributed by atoms with van der Waals surface area (Å²) in [5.41, 5.74) is 2.03. The fourth-order valence-corrected chi connectivity index (χ4v) is 3.07. The molecule has 150 valence electrons. The number of nitrogens with one attached hydrogen (secondary N) is 1. The van der Waals surface area contributed by atoms with Gasteiger partial charge in [-0.3, -0.25) is 0 Å². The highest BCUT2D eigenvalue weighted by molar-refractivity contribution is 5.59. The van der Waals surface area contributed by atoms with Gasteiger partial charge in [0, 0.05) is 17.7 Å². The molecule has 0 aliphatic carbocycles. The van der Waals surface area contributed by atoms with Gasteiger partial charge in [-0.15, -0.1) is 0 Å². The summed E-state index contributed by atoms with van der Waals surface area (Å²) in [6, 6.07) is 17.3. The van der Waals surface area contributed by atoms with Crippen molar-refractivity contribution in [2.24, 2.45) is 0 Å². The average Bonchev–Trinajstić information content (AvgIpc) is 3.17. The largest absolute Gasteiger partial charge is 0.497 e. The Bertz CT molecular complexity index is 990. The summed E-state index contributed by atoms with van der Waals surface area (Å²) in [6.07, 6.45) is 0. The van der Waals surface area contributed by atoms with Crippen LogP contribution in [0.15, 0.2) is 52.9 Å². The van der Waals surface area contributed by atoms with Gasteiger partial charge in [0.25, 0.3) is 0 Å². The Hall–Kier alpha value is -3.50. The molecule has 7 nitrogen and oxygen atoms in total. The van der Waals surface area contributed by atoms with Gasteiger partial charge in [0.1, 0.15) is 17.6 Å². The van der Waals surface area contributed by atoms with E-state index in [4.69, 9.17) is 13.9 Å². The van der Waals surface area contributed by atoms with Crippen molar-refractivity contribution in [2.75, 3.05) is 40.2 Å². The van der Waals surface area contributed by atoms with E-state index >= 15 is 0 Å². The molecule has 0 saturated carbocycles. The van der Waals surface area contributed by atoms with Gasteiger partial charge in [0.05, 0.1) is 20.3 Å². The van der Waals surface area contributed by atoms with Crippen molar-refractivity contribution < 1.29 is 13.9 Å². The van der Waals surface area contributed by atoms with E-state index in [0.717, 1.165) is 22.6 Å². The van der Waals surface area contributed by atoms with Gasteiger partial charge < -0.3 is 24.1 Å². The third-order valence-corrected chi connectivity index (χ3v) is 4.65. The van der Waals surface area contributed by atoms with E-state index in [-0.39, 0.29) is 11.7 Å². The summed E-state index contributed by atoms with van der Waals surface area (Å²) in [4.78, 5) is 6.40. The fourth-order valence-electron chi connectivity index (χ4n) is 3.07. The molecule has 1 atom stereocenters. The SMILES string of the molecule is COc1ccc(-c2nc(C#N)c(NC[C@H](c3ccccc3OC)N(C)C)o2)cc1. The van der Waals surface area contributed by atoms with Crippen LogP contribution in [0.4, 0.5) is 5.88 Å². The maximum Gasteiger partial charge on any atom is 0.232 e. The topological polar surface area (TPSA) is 83.5 Å². The Balaban J connectivity index is 1.83. The molecule has 2 aromatic carbocycles. The highest BCUT2D eigenvalue weighted by Crippen LogP contribution is 2.30. The van der Waals surface area contributed by atoms with E-state index in [9.17, 15) is 5.26 Å². The molecule has 7 heteroatoms. The second-order valence-electron chi connectivity index (χ2n) is 6.64. The Morgan fingerprint density at radius 2 is 1.83 bits per heavy atom. The molecule has 1 aromatic heterocycles. The molecule has 1 N–H and O–H groups in total. The predicted molar refractivity (Wildman–Crippen MR) is 111 cm³/mol. The lowest BCUT2D eigenvalue weighted by molar-refractivity contribution is 0.299.